The highest BCUT2D eigenvalue weighted by Gasteiger charge is 2.18. The largest absolute Gasteiger partial charge is 0.464 e. The molecular weight excluding hydrogens is 314 g/mol. The van der Waals surface area contributed by atoms with Crippen LogP contribution in [0.15, 0.2) is 39.2 Å². The standard InChI is InChI=1S/C14H15BrClNO/c1-3-10-5-7-13(18-10)14(17-2)11-6-4-9(16)8-12(11)15/h4-8,14,17H,3H2,1-2H3. The van der Waals surface area contributed by atoms with Gasteiger partial charge in [-0.2, -0.15) is 0 Å². The van der Waals surface area contributed by atoms with Crippen LogP contribution in [0.2, 0.25) is 5.02 Å². The first-order valence-electron chi connectivity index (χ1n) is 5.86. The van der Waals surface area contributed by atoms with Crippen LogP contribution in [0.4, 0.5) is 0 Å². The molecule has 2 aromatic rings. The summed E-state index contributed by atoms with van der Waals surface area (Å²) in [6.45, 7) is 2.08. The average Bonchev–Trinajstić information content (AvgIpc) is 2.81. The number of hydrogen-bond donors (Lipinski definition) is 1. The summed E-state index contributed by atoms with van der Waals surface area (Å²) in [4.78, 5) is 0. The third kappa shape index (κ3) is 2.79. The summed E-state index contributed by atoms with van der Waals surface area (Å²) < 4.78 is 6.78. The Morgan fingerprint density at radius 1 is 1.33 bits per heavy atom. The van der Waals surface area contributed by atoms with Crippen molar-refractivity contribution in [3.8, 4) is 0 Å². The first-order valence-corrected chi connectivity index (χ1v) is 7.03. The number of nitrogens with one attached hydrogen (secondary N) is 1. The van der Waals surface area contributed by atoms with E-state index < -0.39 is 0 Å². The second-order valence-electron chi connectivity index (χ2n) is 4.05. The lowest BCUT2D eigenvalue weighted by molar-refractivity contribution is 0.433. The number of aryl methyl sites for hydroxylation is 1. The van der Waals surface area contributed by atoms with Crippen LogP contribution in [-0.4, -0.2) is 7.05 Å². The zero-order chi connectivity index (χ0) is 13.1. The second kappa shape index (κ2) is 5.91. The molecule has 0 saturated carbocycles. The maximum Gasteiger partial charge on any atom is 0.125 e. The van der Waals surface area contributed by atoms with Crippen molar-refractivity contribution < 1.29 is 4.42 Å². The minimum absolute atomic E-state index is 0.0249. The average molecular weight is 329 g/mol. The Kier molecular flexibility index (Phi) is 4.49. The number of halogens is 2. The molecule has 0 bridgehead atoms. The summed E-state index contributed by atoms with van der Waals surface area (Å²) in [5.41, 5.74) is 1.11. The van der Waals surface area contributed by atoms with Crippen LogP contribution in [-0.2, 0) is 6.42 Å². The Balaban J connectivity index is 2.38. The Morgan fingerprint density at radius 3 is 2.67 bits per heavy atom. The molecule has 0 spiro atoms. The Hall–Kier alpha value is -0.770. The molecule has 0 aliphatic carbocycles. The van der Waals surface area contributed by atoms with Crippen molar-refractivity contribution in [2.45, 2.75) is 19.4 Å². The van der Waals surface area contributed by atoms with Crippen LogP contribution in [0, 0.1) is 0 Å². The molecule has 1 aromatic carbocycles. The normalized spacial score (nSPS) is 12.7. The van der Waals surface area contributed by atoms with E-state index in [1.54, 1.807) is 0 Å². The van der Waals surface area contributed by atoms with Crippen LogP contribution < -0.4 is 5.32 Å². The van der Waals surface area contributed by atoms with Crippen LogP contribution in [0.25, 0.3) is 0 Å². The molecular formula is C14H15BrClNO. The number of rotatable bonds is 4. The highest BCUT2D eigenvalue weighted by molar-refractivity contribution is 9.10. The minimum Gasteiger partial charge on any atom is -0.464 e. The van der Waals surface area contributed by atoms with Gasteiger partial charge < -0.3 is 9.73 Å². The Labute approximate surface area is 120 Å². The highest BCUT2D eigenvalue weighted by atomic mass is 79.9. The van der Waals surface area contributed by atoms with Crippen molar-refractivity contribution in [2.75, 3.05) is 7.05 Å². The molecule has 0 saturated heterocycles. The molecule has 1 atom stereocenters. The minimum atomic E-state index is 0.0249. The van der Waals surface area contributed by atoms with Gasteiger partial charge in [0.25, 0.3) is 0 Å². The van der Waals surface area contributed by atoms with Gasteiger partial charge >= 0.3 is 0 Å². The van der Waals surface area contributed by atoms with Gasteiger partial charge in [-0.15, -0.1) is 0 Å². The molecule has 0 aliphatic rings. The van der Waals surface area contributed by atoms with Crippen LogP contribution in [0.1, 0.15) is 30.0 Å². The number of hydrogen-bond acceptors (Lipinski definition) is 2. The maximum atomic E-state index is 5.96. The van der Waals surface area contributed by atoms with E-state index in [0.717, 1.165) is 28.0 Å². The van der Waals surface area contributed by atoms with Gasteiger partial charge in [-0.3, -0.25) is 0 Å². The molecule has 2 nitrogen and oxygen atoms in total. The van der Waals surface area contributed by atoms with Crippen molar-refractivity contribution in [2.24, 2.45) is 0 Å². The summed E-state index contributed by atoms with van der Waals surface area (Å²) in [6, 6.07) is 9.84. The van der Waals surface area contributed by atoms with E-state index in [2.05, 4.69) is 28.2 Å². The molecule has 0 aliphatic heterocycles. The lowest BCUT2D eigenvalue weighted by atomic mass is 10.1. The zero-order valence-electron chi connectivity index (χ0n) is 10.3. The van der Waals surface area contributed by atoms with E-state index in [0.29, 0.717) is 5.02 Å². The van der Waals surface area contributed by atoms with Crippen LogP contribution >= 0.6 is 27.5 Å². The molecule has 96 valence electrons. The van der Waals surface area contributed by atoms with Crippen molar-refractivity contribution in [3.05, 3.63) is 56.9 Å². The van der Waals surface area contributed by atoms with Gasteiger partial charge in [-0.1, -0.05) is 40.5 Å². The first kappa shape index (κ1) is 13.7. The third-order valence-corrected chi connectivity index (χ3v) is 3.80. The van der Waals surface area contributed by atoms with Gasteiger partial charge in [0.05, 0.1) is 6.04 Å². The predicted molar refractivity (Wildman–Crippen MR) is 78.1 cm³/mol. The van der Waals surface area contributed by atoms with Crippen molar-refractivity contribution >= 4 is 27.5 Å². The van der Waals surface area contributed by atoms with E-state index in [1.807, 2.05) is 37.4 Å². The quantitative estimate of drug-likeness (QED) is 0.889. The summed E-state index contributed by atoms with van der Waals surface area (Å²) in [7, 11) is 1.92. The molecule has 1 heterocycles. The predicted octanol–water partition coefficient (Wildman–Crippen LogP) is 4.57. The fraction of sp³-hybridized carbons (Fsp3) is 0.286. The maximum absolute atomic E-state index is 5.96. The van der Waals surface area contributed by atoms with E-state index >= 15 is 0 Å². The van der Waals surface area contributed by atoms with Crippen molar-refractivity contribution in [3.63, 3.8) is 0 Å². The van der Waals surface area contributed by atoms with Gasteiger partial charge in [0, 0.05) is 15.9 Å². The first-order chi connectivity index (χ1) is 8.65. The smallest absolute Gasteiger partial charge is 0.125 e. The summed E-state index contributed by atoms with van der Waals surface area (Å²) in [5, 5.41) is 3.98. The van der Waals surface area contributed by atoms with Gasteiger partial charge in [-0.05, 0) is 36.9 Å². The van der Waals surface area contributed by atoms with E-state index in [9.17, 15) is 0 Å². The number of benzene rings is 1. The Bertz CT molecular complexity index is 538. The van der Waals surface area contributed by atoms with Gasteiger partial charge in [0.1, 0.15) is 11.5 Å². The SMILES string of the molecule is CCc1ccc(C(NC)c2ccc(Cl)cc2Br)o1. The van der Waals surface area contributed by atoms with E-state index in [-0.39, 0.29) is 6.04 Å². The Morgan fingerprint density at radius 2 is 2.11 bits per heavy atom. The summed E-state index contributed by atoms with van der Waals surface area (Å²) >= 11 is 9.51. The topological polar surface area (TPSA) is 25.2 Å². The van der Waals surface area contributed by atoms with Crippen LogP contribution in [0.5, 0.6) is 0 Å². The van der Waals surface area contributed by atoms with E-state index in [1.165, 1.54) is 0 Å². The summed E-state index contributed by atoms with van der Waals surface area (Å²) in [5.74, 6) is 1.91. The molecule has 18 heavy (non-hydrogen) atoms. The fourth-order valence-corrected chi connectivity index (χ4v) is 2.84. The van der Waals surface area contributed by atoms with Gasteiger partial charge in [0.15, 0.2) is 0 Å². The highest BCUT2D eigenvalue weighted by Crippen LogP contribution is 2.31. The van der Waals surface area contributed by atoms with Gasteiger partial charge in [0.2, 0.25) is 0 Å². The van der Waals surface area contributed by atoms with Crippen molar-refractivity contribution in [1.29, 1.82) is 0 Å². The molecule has 2 rings (SSSR count). The molecule has 1 N–H and O–H groups in total. The lowest BCUT2D eigenvalue weighted by Crippen LogP contribution is -2.17. The lowest BCUT2D eigenvalue weighted by Gasteiger charge is -2.16. The molecule has 1 aromatic heterocycles. The molecule has 0 fully saturated rings. The fourth-order valence-electron chi connectivity index (χ4n) is 1.93. The van der Waals surface area contributed by atoms with Gasteiger partial charge in [-0.25, -0.2) is 0 Å². The second-order valence-corrected chi connectivity index (χ2v) is 5.34. The monoisotopic (exact) mass is 327 g/mol. The zero-order valence-corrected chi connectivity index (χ0v) is 12.7. The molecule has 1 unspecified atom stereocenters. The molecule has 0 amide bonds. The molecule has 4 heteroatoms. The third-order valence-electron chi connectivity index (χ3n) is 2.88. The summed E-state index contributed by atoms with van der Waals surface area (Å²) in [6.07, 6.45) is 0.901. The van der Waals surface area contributed by atoms with Crippen LogP contribution in [0.3, 0.4) is 0 Å². The van der Waals surface area contributed by atoms with Crippen molar-refractivity contribution in [1.82, 2.24) is 5.32 Å². The van der Waals surface area contributed by atoms with E-state index in [4.69, 9.17) is 16.0 Å². The molecule has 0 radical (unpaired) electrons. The number of furan rings is 1.